The molecule has 0 atom stereocenters. The average molecular weight is 1040 g/mol. The van der Waals surface area contributed by atoms with Crippen molar-refractivity contribution in [3.8, 4) is 0 Å². The molecule has 4 aromatic rings. The smallest absolute Gasteiger partial charge is 1.00 e. The van der Waals surface area contributed by atoms with Gasteiger partial charge in [0.05, 0.1) is 13.3 Å². The molecule has 0 saturated carbocycles. The Balaban J connectivity index is -0.000000113. The SMILES string of the molecule is CCC(I)I.CC[CH-]I.CO.Cc1nc(N)sc1C.Cc1nc(NCc2ccccc2)sc1C.O=Cc1ccccc1.[B].[H-].[Na+].[V]. The van der Waals surface area contributed by atoms with Crippen LogP contribution in [0.2, 0.25) is 0 Å². The number of aliphatic hydroxyl groups excluding tert-OH is 1. The van der Waals surface area contributed by atoms with Crippen LogP contribution in [-0.4, -0.2) is 38.8 Å². The maximum Gasteiger partial charge on any atom is 1.00 e. The van der Waals surface area contributed by atoms with Gasteiger partial charge in [-0.1, -0.05) is 120 Å². The van der Waals surface area contributed by atoms with Crippen LogP contribution in [0.1, 0.15) is 65.2 Å². The van der Waals surface area contributed by atoms with E-state index >= 15 is 0 Å². The Labute approximate surface area is 358 Å². The number of aldehydes is 1. The molecule has 0 amide bonds. The van der Waals surface area contributed by atoms with Gasteiger partial charge in [-0.25, -0.2) is 9.97 Å². The summed E-state index contributed by atoms with van der Waals surface area (Å²) in [6.07, 6.45) is 3.29. The zero-order valence-corrected chi connectivity index (χ0v) is 38.9. The second kappa shape index (κ2) is 37.6. The molecule has 4 N–H and O–H groups in total. The van der Waals surface area contributed by atoms with Gasteiger partial charge in [0.2, 0.25) is 0 Å². The predicted octanol–water partition coefficient (Wildman–Crippen LogP) is 7.14. The molecule has 4 rings (SSSR count). The van der Waals surface area contributed by atoms with Gasteiger partial charge in [0.1, 0.15) is 6.29 Å². The number of aromatic nitrogens is 2. The molecule has 6 nitrogen and oxygen atoms in total. The summed E-state index contributed by atoms with van der Waals surface area (Å²) in [6.45, 7) is 13.3. The van der Waals surface area contributed by atoms with Gasteiger partial charge in [-0.05, 0) is 39.7 Å². The second-order valence-electron chi connectivity index (χ2n) is 8.08. The molecule has 0 unspecified atom stereocenters. The van der Waals surface area contributed by atoms with Gasteiger partial charge >= 0.3 is 29.6 Å². The number of thiazole rings is 2. The molecule has 14 heteroatoms. The monoisotopic (exact) mass is 1030 g/mol. The first kappa shape index (κ1) is 55.2. The number of alkyl halides is 2. The van der Waals surface area contributed by atoms with E-state index in [1.54, 1.807) is 23.5 Å². The third-order valence-corrected chi connectivity index (χ3v) is 9.33. The molecule has 244 valence electrons. The summed E-state index contributed by atoms with van der Waals surface area (Å²) < 4.78 is 2.92. The first-order valence-electron chi connectivity index (χ1n) is 13.1. The van der Waals surface area contributed by atoms with Crippen LogP contribution in [0.5, 0.6) is 0 Å². The number of hydrogen-bond donors (Lipinski definition) is 3. The number of nitrogens with two attached hydrogens (primary N) is 1. The van der Waals surface area contributed by atoms with Crippen LogP contribution < -0.4 is 40.6 Å². The third kappa shape index (κ3) is 31.8. The molecular weight excluding hydrogens is 990 g/mol. The minimum atomic E-state index is 0. The minimum absolute atomic E-state index is 0. The summed E-state index contributed by atoms with van der Waals surface area (Å²) in [5, 5.41) is 12.0. The summed E-state index contributed by atoms with van der Waals surface area (Å²) in [5.74, 6) is 0. The Morgan fingerprint density at radius 3 is 1.62 bits per heavy atom. The predicted molar refractivity (Wildman–Crippen MR) is 219 cm³/mol. The molecule has 4 radical (unpaired) electrons. The molecule has 0 bridgehead atoms. The number of benzene rings is 2. The Bertz CT molecular complexity index is 1160. The van der Waals surface area contributed by atoms with Crippen LogP contribution >= 0.6 is 90.4 Å². The molecule has 45 heavy (non-hydrogen) atoms. The van der Waals surface area contributed by atoms with E-state index < -0.39 is 0 Å². The molecule has 2 aromatic carbocycles. The fraction of sp³-hybridized carbons (Fsp3) is 0.355. The van der Waals surface area contributed by atoms with Gasteiger partial charge in [0, 0.05) is 55.9 Å². The normalized spacial score (nSPS) is 8.53. The van der Waals surface area contributed by atoms with Crippen molar-refractivity contribution in [3.05, 3.63) is 97.4 Å². The minimum Gasteiger partial charge on any atom is -1.00 e. The first-order valence-corrected chi connectivity index (χ1v) is 18.5. The van der Waals surface area contributed by atoms with Crippen molar-refractivity contribution >= 4 is 115 Å². The van der Waals surface area contributed by atoms with Crippen LogP contribution in [0, 0.1) is 32.1 Å². The van der Waals surface area contributed by atoms with Crippen molar-refractivity contribution in [2.75, 3.05) is 18.2 Å². The van der Waals surface area contributed by atoms with E-state index in [9.17, 15) is 4.79 Å². The van der Waals surface area contributed by atoms with Crippen molar-refractivity contribution in [1.82, 2.24) is 9.97 Å². The number of halogens is 3. The first-order chi connectivity index (χ1) is 20.1. The number of carbonyl (C=O) groups excluding carboxylic acids is 1. The second-order valence-corrected chi connectivity index (χ2v) is 16.8. The van der Waals surface area contributed by atoms with Gasteiger partial charge < -0.3 is 40.2 Å². The van der Waals surface area contributed by atoms with Crippen LogP contribution in [0.4, 0.5) is 10.3 Å². The molecule has 0 fully saturated rings. The van der Waals surface area contributed by atoms with E-state index in [-0.39, 0.29) is 58.0 Å². The van der Waals surface area contributed by atoms with Crippen LogP contribution in [-0.2, 0) is 25.1 Å². The van der Waals surface area contributed by atoms with Crippen LogP contribution in [0.25, 0.3) is 0 Å². The number of hydrogen-bond acceptors (Lipinski definition) is 8. The average Bonchev–Trinajstić information content (AvgIpc) is 3.51. The van der Waals surface area contributed by atoms with Gasteiger partial charge in [-0.2, -0.15) is 6.42 Å². The Hall–Kier alpha value is 0.769. The molecule has 0 spiro atoms. The quantitative estimate of drug-likeness (QED) is 0.0625. The number of nitrogens with zero attached hydrogens (tertiary/aromatic N) is 2. The van der Waals surface area contributed by atoms with E-state index in [4.69, 9.17) is 10.8 Å². The van der Waals surface area contributed by atoms with Crippen LogP contribution in [0.3, 0.4) is 0 Å². The van der Waals surface area contributed by atoms with Crippen molar-refractivity contribution in [1.29, 1.82) is 0 Å². The Morgan fingerprint density at radius 2 is 1.36 bits per heavy atom. The van der Waals surface area contributed by atoms with Gasteiger partial charge in [0.15, 0.2) is 10.3 Å². The number of anilines is 2. The molecule has 2 aromatic heterocycles. The fourth-order valence-corrected chi connectivity index (χ4v) is 3.85. The maximum absolute atomic E-state index is 10.0. The summed E-state index contributed by atoms with van der Waals surface area (Å²) in [6, 6.07) is 19.5. The number of rotatable bonds is 6. The van der Waals surface area contributed by atoms with Crippen molar-refractivity contribution < 1.29 is 59.4 Å². The van der Waals surface area contributed by atoms with Crippen molar-refractivity contribution in [3.63, 3.8) is 0 Å². The molecule has 2 heterocycles. The van der Waals surface area contributed by atoms with E-state index in [1.165, 1.54) is 39.5 Å². The van der Waals surface area contributed by atoms with Gasteiger partial charge in [-0.15, -0.1) is 22.7 Å². The van der Waals surface area contributed by atoms with E-state index in [0.29, 0.717) is 5.13 Å². The number of carbonyl (C=O) groups is 1. The molecule has 0 aliphatic carbocycles. The zero-order valence-electron chi connectivity index (χ0n) is 28.4. The molecule has 0 aliphatic rings. The summed E-state index contributed by atoms with van der Waals surface area (Å²) in [4.78, 5) is 20.9. The summed E-state index contributed by atoms with van der Waals surface area (Å²) in [5.41, 5.74) is 9.57. The zero-order chi connectivity index (χ0) is 32.3. The third-order valence-electron chi connectivity index (χ3n) is 4.76. The Kier molecular flexibility index (Phi) is 46.1. The van der Waals surface area contributed by atoms with Crippen LogP contribution in [0.15, 0.2) is 60.7 Å². The number of nitrogens with one attached hydrogen (secondary N) is 1. The number of aryl methyl sites for hydroxylation is 4. The molecular formula is C31H45BI3N4NaO2S2V-. The largest absolute Gasteiger partial charge is 1.00 e. The number of aliphatic hydroxyl groups is 1. The van der Waals surface area contributed by atoms with Crippen molar-refractivity contribution in [2.45, 2.75) is 62.9 Å². The summed E-state index contributed by atoms with van der Waals surface area (Å²) >= 11 is 10.3. The van der Waals surface area contributed by atoms with Crippen molar-refractivity contribution in [2.24, 2.45) is 0 Å². The van der Waals surface area contributed by atoms with Gasteiger partial charge in [-0.3, -0.25) is 9.22 Å². The topological polar surface area (TPSA) is 101 Å². The standard InChI is InChI=1S/C12H14N2S.C7H6O.C5H8N2S.C3H6I2.C3H6I.CH4O.B.Na.V.H/c1-9-10(2)15-12(14-9)13-8-11-6-4-3-5-7-11;8-6-7-4-2-1-3-5-7;1-3-4(2)8-5(6)7-3;1-2-3(4)5;1-2-3-4;1-2;;;;/h3-7H,8H2,1-2H3,(H,13,14);1-6H;1-2H3,(H2,6,7);3H,2H2,1H3;3H,2H2,1H3;2H,1H3;;;;/q;;;;-1;;;+1;;-1. The van der Waals surface area contributed by atoms with Gasteiger partial charge in [0.25, 0.3) is 0 Å². The van der Waals surface area contributed by atoms with E-state index in [2.05, 4.69) is 133 Å². The maximum atomic E-state index is 10.0. The van der Waals surface area contributed by atoms with E-state index in [1.807, 2.05) is 45.0 Å². The fourth-order valence-electron chi connectivity index (χ4n) is 2.35. The number of nitrogen functional groups attached to an aromatic ring is 1. The Morgan fingerprint density at radius 1 is 0.933 bits per heavy atom. The molecule has 0 saturated heterocycles. The summed E-state index contributed by atoms with van der Waals surface area (Å²) in [7, 11) is 1.00. The molecule has 0 aliphatic heterocycles. The van der Waals surface area contributed by atoms with E-state index in [0.717, 1.165) is 44.0 Å².